The summed E-state index contributed by atoms with van der Waals surface area (Å²) in [6, 6.07) is 0. The first-order valence-electron chi connectivity index (χ1n) is 4.38. The fourth-order valence-electron chi connectivity index (χ4n) is 1.06. The summed E-state index contributed by atoms with van der Waals surface area (Å²) < 4.78 is 0. The summed E-state index contributed by atoms with van der Waals surface area (Å²) in [6.45, 7) is 4.43. The van der Waals surface area contributed by atoms with Gasteiger partial charge in [0.05, 0.1) is 6.61 Å². The van der Waals surface area contributed by atoms with E-state index in [1.165, 1.54) is 18.4 Å². The summed E-state index contributed by atoms with van der Waals surface area (Å²) in [5, 5.41) is 8.52. The molecule has 0 saturated carbocycles. The van der Waals surface area contributed by atoms with Crippen molar-refractivity contribution in [2.75, 3.05) is 6.61 Å². The fourth-order valence-corrected chi connectivity index (χ4v) is 1.06. The number of hydrogen-bond donors (Lipinski definition) is 1. The highest BCUT2D eigenvalue weighted by atomic mass is 16.2. The maximum Gasteiger partial charge on any atom is 0.0686 e. The monoisotopic (exact) mass is 154 g/mol. The van der Waals surface area contributed by atoms with Gasteiger partial charge in [0.25, 0.3) is 0 Å². The van der Waals surface area contributed by atoms with Crippen LogP contribution in [0.3, 0.4) is 0 Å². The maximum atomic E-state index is 8.52. The lowest BCUT2D eigenvalue weighted by molar-refractivity contribution is 0.343. The van der Waals surface area contributed by atoms with Gasteiger partial charge in [-0.25, -0.2) is 0 Å². The Morgan fingerprint density at radius 3 is 2.18 bits per heavy atom. The van der Waals surface area contributed by atoms with Crippen LogP contribution in [0.25, 0.3) is 0 Å². The molecule has 0 amide bonds. The summed E-state index contributed by atoms with van der Waals surface area (Å²) in [6.07, 6.45) is 6.26. The number of aliphatic hydroxyl groups excluding tert-OH is 1. The molecule has 0 spiro atoms. The second-order valence-corrected chi connectivity index (χ2v) is 2.63. The van der Waals surface area contributed by atoms with E-state index < -0.39 is 0 Å². The minimum atomic E-state index is 0.108. The van der Waals surface area contributed by atoms with E-state index in [-0.39, 0.29) is 6.61 Å². The van der Waals surface area contributed by atoms with Crippen molar-refractivity contribution in [3.05, 3.63) is 17.4 Å². The highest BCUT2D eigenvalue weighted by Crippen LogP contribution is 2.09. The van der Waals surface area contributed by atoms with Crippen molar-refractivity contribution in [3.8, 4) is 0 Å². The smallest absolute Gasteiger partial charge is 0.0686 e. The van der Waals surface area contributed by atoms with Crippen LogP contribution in [0, 0.1) is 0 Å². The van der Waals surface area contributed by atoms with E-state index in [4.69, 9.17) is 5.11 Å². The van der Waals surface area contributed by atoms with Crippen molar-refractivity contribution in [3.63, 3.8) is 0 Å². The van der Waals surface area contributed by atoms with E-state index in [0.717, 1.165) is 12.8 Å². The molecule has 64 valence electrons. The third-order valence-corrected chi connectivity index (χ3v) is 1.50. The van der Waals surface area contributed by atoms with Crippen LogP contribution in [0.15, 0.2) is 17.4 Å². The van der Waals surface area contributed by atoms with Gasteiger partial charge in [-0.15, -0.1) is 5.73 Å². The molecule has 1 nitrogen and oxygen atoms in total. The summed E-state index contributed by atoms with van der Waals surface area (Å²) in [7, 11) is 0. The molecule has 0 aliphatic rings. The normalized spacial score (nSPS) is 9.00. The Bertz CT molecular complexity index is 133. The second-order valence-electron chi connectivity index (χ2n) is 2.63. The van der Waals surface area contributed by atoms with Gasteiger partial charge in [-0.05, 0) is 24.5 Å². The average Bonchev–Trinajstić information content (AvgIpc) is 2.01. The summed E-state index contributed by atoms with van der Waals surface area (Å²) >= 11 is 0. The molecular formula is C10H18O. The van der Waals surface area contributed by atoms with Crippen LogP contribution < -0.4 is 0 Å². The molecule has 0 aromatic heterocycles. The van der Waals surface area contributed by atoms with E-state index in [1.807, 2.05) is 0 Å². The van der Waals surface area contributed by atoms with Gasteiger partial charge < -0.3 is 5.11 Å². The van der Waals surface area contributed by atoms with Crippen LogP contribution in [-0.2, 0) is 0 Å². The molecule has 0 bridgehead atoms. The molecule has 0 radical (unpaired) electrons. The summed E-state index contributed by atoms with van der Waals surface area (Å²) in [4.78, 5) is 0. The van der Waals surface area contributed by atoms with Gasteiger partial charge in [0.2, 0.25) is 0 Å². The highest BCUT2D eigenvalue weighted by molar-refractivity contribution is 5.01. The number of aliphatic hydroxyl groups is 1. The van der Waals surface area contributed by atoms with Crippen LogP contribution in [0.5, 0.6) is 0 Å². The van der Waals surface area contributed by atoms with Gasteiger partial charge >= 0.3 is 0 Å². The first kappa shape index (κ1) is 10.5. The van der Waals surface area contributed by atoms with Crippen LogP contribution in [0.1, 0.15) is 39.5 Å². The molecule has 0 heterocycles. The Morgan fingerprint density at radius 1 is 1.27 bits per heavy atom. The fraction of sp³-hybridized carbons (Fsp3) is 0.700. The molecule has 1 N–H and O–H groups in total. The van der Waals surface area contributed by atoms with Gasteiger partial charge in [0.15, 0.2) is 0 Å². The van der Waals surface area contributed by atoms with Crippen molar-refractivity contribution in [2.45, 2.75) is 39.5 Å². The lowest BCUT2D eigenvalue weighted by Crippen LogP contribution is -1.80. The Hall–Kier alpha value is -0.520. The summed E-state index contributed by atoms with van der Waals surface area (Å²) in [5.41, 5.74) is 4.45. The van der Waals surface area contributed by atoms with Crippen LogP contribution >= 0.6 is 0 Å². The van der Waals surface area contributed by atoms with Crippen LogP contribution in [0.2, 0.25) is 0 Å². The Morgan fingerprint density at radius 2 is 1.82 bits per heavy atom. The lowest BCUT2D eigenvalue weighted by Gasteiger charge is -1.98. The third kappa shape index (κ3) is 5.90. The van der Waals surface area contributed by atoms with E-state index >= 15 is 0 Å². The number of rotatable bonds is 5. The molecular weight excluding hydrogens is 136 g/mol. The molecule has 0 aliphatic heterocycles. The topological polar surface area (TPSA) is 20.2 Å². The Labute approximate surface area is 69.4 Å². The minimum Gasteiger partial charge on any atom is -0.392 e. The predicted molar refractivity (Wildman–Crippen MR) is 48.5 cm³/mol. The molecule has 0 aromatic carbocycles. The van der Waals surface area contributed by atoms with E-state index in [0.29, 0.717) is 0 Å². The molecule has 0 atom stereocenters. The zero-order chi connectivity index (χ0) is 8.53. The van der Waals surface area contributed by atoms with Crippen LogP contribution in [0.4, 0.5) is 0 Å². The van der Waals surface area contributed by atoms with E-state index in [2.05, 4.69) is 19.6 Å². The van der Waals surface area contributed by atoms with Gasteiger partial charge in [-0.2, -0.15) is 0 Å². The van der Waals surface area contributed by atoms with Crippen molar-refractivity contribution in [2.24, 2.45) is 0 Å². The van der Waals surface area contributed by atoms with Crippen molar-refractivity contribution in [1.29, 1.82) is 0 Å². The maximum absolute atomic E-state index is 8.52. The van der Waals surface area contributed by atoms with Gasteiger partial charge in [0.1, 0.15) is 0 Å². The first-order chi connectivity index (χ1) is 5.35. The molecule has 0 unspecified atom stereocenters. The zero-order valence-corrected chi connectivity index (χ0v) is 7.56. The second kappa shape index (κ2) is 7.59. The quantitative estimate of drug-likeness (QED) is 0.603. The molecule has 11 heavy (non-hydrogen) atoms. The van der Waals surface area contributed by atoms with Gasteiger partial charge in [0, 0.05) is 0 Å². The SMILES string of the molecule is CCCC(=C=CCO)CCC. The molecule has 0 fully saturated rings. The van der Waals surface area contributed by atoms with Gasteiger partial charge in [-0.1, -0.05) is 26.7 Å². The third-order valence-electron chi connectivity index (χ3n) is 1.50. The average molecular weight is 154 g/mol. The van der Waals surface area contributed by atoms with E-state index in [9.17, 15) is 0 Å². The Kier molecular flexibility index (Phi) is 7.23. The largest absolute Gasteiger partial charge is 0.392 e. The molecule has 0 aliphatic carbocycles. The first-order valence-corrected chi connectivity index (χ1v) is 4.38. The molecule has 0 aromatic rings. The van der Waals surface area contributed by atoms with Crippen molar-refractivity contribution in [1.82, 2.24) is 0 Å². The highest BCUT2D eigenvalue weighted by Gasteiger charge is 1.91. The van der Waals surface area contributed by atoms with Crippen molar-refractivity contribution < 1.29 is 5.11 Å². The van der Waals surface area contributed by atoms with Gasteiger partial charge in [-0.3, -0.25) is 0 Å². The van der Waals surface area contributed by atoms with Crippen LogP contribution in [-0.4, -0.2) is 11.7 Å². The zero-order valence-electron chi connectivity index (χ0n) is 7.56. The molecule has 0 saturated heterocycles. The lowest BCUT2D eigenvalue weighted by atomic mass is 10.1. The molecule has 0 rings (SSSR count). The Balaban J connectivity index is 3.96. The van der Waals surface area contributed by atoms with E-state index in [1.54, 1.807) is 6.08 Å². The van der Waals surface area contributed by atoms with Crippen molar-refractivity contribution >= 4 is 0 Å². The summed E-state index contributed by atoms with van der Waals surface area (Å²) in [5.74, 6) is 0. The minimum absolute atomic E-state index is 0.108. The molecule has 1 heteroatoms. The number of hydrogen-bond acceptors (Lipinski definition) is 1. The predicted octanol–water partition coefficient (Wildman–Crippen LogP) is 2.66. The standard InChI is InChI=1S/C10H18O/c1-3-6-10(7-4-2)8-5-9-11/h5,11H,3-4,6-7,9H2,1-2H3.